The fraction of sp³-hybridized carbons (Fsp3) is 0.300. The van der Waals surface area contributed by atoms with Crippen LogP contribution in [0.4, 0.5) is 22.0 Å². The molecule has 2 aromatic carbocycles. The summed E-state index contributed by atoms with van der Waals surface area (Å²) >= 11 is 0. The average Bonchev–Trinajstić information content (AvgIpc) is 3.56. The number of hydrogen-bond acceptors (Lipinski definition) is 10. The number of benzene rings is 2. The monoisotopic (exact) mass is 615 g/mol. The lowest BCUT2D eigenvalue weighted by Gasteiger charge is -2.18. The first-order chi connectivity index (χ1) is 21.2. The normalized spacial score (nSPS) is 11.6. The Morgan fingerprint density at radius 1 is 1.14 bits per heavy atom. The third-order valence-corrected chi connectivity index (χ3v) is 7.99. The Kier molecular flexibility index (Phi) is 9.37. The number of aromatic nitrogens is 5. The SMILES string of the molecule is CCc1c(NC(=O)OCCN(CC#N)CCS(C)(=O)=O)cn2ncnc(Nc3ccc4c(cnn4Cc4ccccc4)c3)c12. The maximum absolute atomic E-state index is 12.7. The number of hydrogen-bond donors (Lipinski definition) is 2. The third-order valence-electron chi connectivity index (χ3n) is 7.06. The van der Waals surface area contributed by atoms with Gasteiger partial charge in [0.15, 0.2) is 5.82 Å². The largest absolute Gasteiger partial charge is 0.448 e. The Morgan fingerprint density at radius 2 is 1.95 bits per heavy atom. The maximum atomic E-state index is 12.7. The van der Waals surface area contributed by atoms with E-state index in [4.69, 9.17) is 10.00 Å². The van der Waals surface area contributed by atoms with Crippen molar-refractivity contribution in [2.24, 2.45) is 0 Å². The van der Waals surface area contributed by atoms with Crippen molar-refractivity contribution in [2.45, 2.75) is 19.9 Å². The Balaban J connectivity index is 1.27. The van der Waals surface area contributed by atoms with E-state index in [9.17, 15) is 13.2 Å². The summed E-state index contributed by atoms with van der Waals surface area (Å²) in [5, 5.41) is 25.1. The van der Waals surface area contributed by atoms with Crippen LogP contribution in [0.3, 0.4) is 0 Å². The smallest absolute Gasteiger partial charge is 0.411 e. The van der Waals surface area contributed by atoms with Crippen molar-refractivity contribution in [3.63, 3.8) is 0 Å². The minimum absolute atomic E-state index is 0.0108. The Bertz CT molecular complexity index is 1910. The van der Waals surface area contributed by atoms with Gasteiger partial charge in [0.05, 0.1) is 48.5 Å². The zero-order valence-corrected chi connectivity index (χ0v) is 25.3. The van der Waals surface area contributed by atoms with Crippen molar-refractivity contribution >= 4 is 49.5 Å². The van der Waals surface area contributed by atoms with Gasteiger partial charge < -0.3 is 10.1 Å². The molecule has 1 amide bonds. The number of nitrogens with one attached hydrogen (secondary N) is 2. The van der Waals surface area contributed by atoms with Crippen molar-refractivity contribution in [2.75, 3.05) is 48.9 Å². The predicted molar refractivity (Wildman–Crippen MR) is 168 cm³/mol. The average molecular weight is 616 g/mol. The molecule has 0 unspecified atom stereocenters. The highest BCUT2D eigenvalue weighted by Crippen LogP contribution is 2.30. The summed E-state index contributed by atoms with van der Waals surface area (Å²) in [5.74, 6) is 0.494. The Morgan fingerprint density at radius 3 is 2.70 bits per heavy atom. The van der Waals surface area contributed by atoms with Crippen LogP contribution in [0.1, 0.15) is 18.1 Å². The summed E-state index contributed by atoms with van der Waals surface area (Å²) in [6, 6.07) is 18.2. The van der Waals surface area contributed by atoms with Gasteiger partial charge in [0.2, 0.25) is 0 Å². The number of anilines is 3. The summed E-state index contributed by atoms with van der Waals surface area (Å²) in [6.45, 7) is 3.07. The maximum Gasteiger partial charge on any atom is 0.411 e. The van der Waals surface area contributed by atoms with E-state index in [1.807, 2.05) is 60.3 Å². The summed E-state index contributed by atoms with van der Waals surface area (Å²) in [6.07, 6.45) is 6.03. The molecule has 0 atom stereocenters. The lowest BCUT2D eigenvalue weighted by molar-refractivity contribution is 0.144. The van der Waals surface area contributed by atoms with Gasteiger partial charge in [-0.05, 0) is 30.2 Å². The Labute approximate surface area is 255 Å². The Hall–Kier alpha value is -5.00. The molecule has 0 aliphatic carbocycles. The number of fused-ring (bicyclic) bond motifs is 2. The molecule has 0 bridgehead atoms. The fourth-order valence-electron chi connectivity index (χ4n) is 4.89. The van der Waals surface area contributed by atoms with E-state index in [1.54, 1.807) is 15.6 Å². The van der Waals surface area contributed by atoms with Crippen LogP contribution in [0.25, 0.3) is 16.4 Å². The molecular weight excluding hydrogens is 582 g/mol. The predicted octanol–water partition coefficient (Wildman–Crippen LogP) is 3.85. The molecule has 0 saturated carbocycles. The number of ether oxygens (including phenoxy) is 1. The number of carbonyl (C=O) groups is 1. The van der Waals surface area contributed by atoms with Crippen LogP contribution in [0, 0.1) is 11.3 Å². The number of nitrogens with zero attached hydrogens (tertiary/aromatic N) is 7. The summed E-state index contributed by atoms with van der Waals surface area (Å²) in [7, 11) is -3.18. The molecule has 3 aromatic heterocycles. The van der Waals surface area contributed by atoms with Crippen LogP contribution in [-0.4, -0.2) is 82.0 Å². The molecule has 5 rings (SSSR count). The molecule has 0 spiro atoms. The van der Waals surface area contributed by atoms with Crippen LogP contribution < -0.4 is 10.6 Å². The molecule has 0 radical (unpaired) electrons. The molecule has 0 fully saturated rings. The highest BCUT2D eigenvalue weighted by molar-refractivity contribution is 7.90. The van der Waals surface area contributed by atoms with Crippen LogP contribution in [0.2, 0.25) is 0 Å². The second-order valence-corrected chi connectivity index (χ2v) is 12.5. The van der Waals surface area contributed by atoms with Gasteiger partial charge >= 0.3 is 6.09 Å². The first-order valence-electron chi connectivity index (χ1n) is 14.1. The number of rotatable bonds is 13. The number of aryl methyl sites for hydroxylation is 1. The van der Waals surface area contributed by atoms with Gasteiger partial charge in [-0.1, -0.05) is 37.3 Å². The summed E-state index contributed by atoms with van der Waals surface area (Å²) in [4.78, 5) is 18.8. The van der Waals surface area contributed by atoms with Gasteiger partial charge in [0.25, 0.3) is 0 Å². The molecule has 0 aliphatic rings. The van der Waals surface area contributed by atoms with E-state index < -0.39 is 15.9 Å². The van der Waals surface area contributed by atoms with Crippen molar-refractivity contribution < 1.29 is 17.9 Å². The molecule has 0 saturated heterocycles. The molecule has 44 heavy (non-hydrogen) atoms. The summed E-state index contributed by atoms with van der Waals surface area (Å²) < 4.78 is 31.9. The molecule has 5 aromatic rings. The quantitative estimate of drug-likeness (QED) is 0.186. The van der Waals surface area contributed by atoms with Crippen LogP contribution in [0.5, 0.6) is 0 Å². The first-order valence-corrected chi connectivity index (χ1v) is 16.1. The molecule has 13 nitrogen and oxygen atoms in total. The van der Waals surface area contributed by atoms with E-state index in [1.165, 1.54) is 11.9 Å². The second-order valence-electron chi connectivity index (χ2n) is 10.3. The minimum atomic E-state index is -3.18. The van der Waals surface area contributed by atoms with E-state index in [0.29, 0.717) is 30.0 Å². The molecule has 228 valence electrons. The zero-order chi connectivity index (χ0) is 31.1. The molecule has 0 aliphatic heterocycles. The van der Waals surface area contributed by atoms with Gasteiger partial charge in [-0.3, -0.25) is 14.9 Å². The van der Waals surface area contributed by atoms with E-state index in [-0.39, 0.29) is 32.0 Å². The second kappa shape index (κ2) is 13.5. The molecule has 3 heterocycles. The zero-order valence-electron chi connectivity index (χ0n) is 24.5. The number of sulfone groups is 1. The number of amides is 1. The van der Waals surface area contributed by atoms with Crippen molar-refractivity contribution in [3.8, 4) is 6.07 Å². The van der Waals surface area contributed by atoms with Crippen LogP contribution in [0.15, 0.2) is 67.3 Å². The van der Waals surface area contributed by atoms with Crippen LogP contribution >= 0.6 is 0 Å². The lowest BCUT2D eigenvalue weighted by atomic mass is 10.2. The number of carbonyl (C=O) groups excluding carboxylic acids is 1. The fourth-order valence-corrected chi connectivity index (χ4v) is 5.48. The van der Waals surface area contributed by atoms with Gasteiger partial charge in [-0.25, -0.2) is 22.7 Å². The lowest BCUT2D eigenvalue weighted by Crippen LogP contribution is -2.33. The van der Waals surface area contributed by atoms with E-state index in [0.717, 1.165) is 28.4 Å². The van der Waals surface area contributed by atoms with Gasteiger partial charge in [-0.2, -0.15) is 15.5 Å². The van der Waals surface area contributed by atoms with E-state index in [2.05, 4.69) is 37.9 Å². The molecule has 2 N–H and O–H groups in total. The van der Waals surface area contributed by atoms with Crippen LogP contribution in [-0.2, 0) is 27.5 Å². The summed E-state index contributed by atoms with van der Waals surface area (Å²) in [5.41, 5.74) is 5.08. The first kappa shape index (κ1) is 30.5. The van der Waals surface area contributed by atoms with E-state index >= 15 is 0 Å². The van der Waals surface area contributed by atoms with Crippen molar-refractivity contribution in [3.05, 3.63) is 78.4 Å². The molecular formula is C30H33N9O4S. The topological polar surface area (TPSA) is 160 Å². The minimum Gasteiger partial charge on any atom is -0.448 e. The van der Waals surface area contributed by atoms with Gasteiger partial charge in [0, 0.05) is 36.0 Å². The highest BCUT2D eigenvalue weighted by atomic mass is 32.2. The standard InChI is InChI=1S/C30H33N9O4S/c1-3-25-26(36-30(40)43-15-13-37(12-11-31)14-16-44(2,41)42)20-39-28(25)29(32-21-34-39)35-24-9-10-27-23(17-24)18-33-38(27)19-22-7-5-4-6-8-22/h4-10,17-18,20-21H,3,12-16,19H2,1-2H3,(H,36,40)(H,32,34,35). The number of nitriles is 1. The highest BCUT2D eigenvalue weighted by Gasteiger charge is 2.18. The molecule has 14 heteroatoms. The van der Waals surface area contributed by atoms with Crippen molar-refractivity contribution in [1.29, 1.82) is 5.26 Å². The van der Waals surface area contributed by atoms with Gasteiger partial charge in [0.1, 0.15) is 28.3 Å². The third kappa shape index (κ3) is 7.49. The van der Waals surface area contributed by atoms with Crippen molar-refractivity contribution in [1.82, 2.24) is 29.3 Å². The van der Waals surface area contributed by atoms with Gasteiger partial charge in [-0.15, -0.1) is 0 Å².